The molecule has 0 spiro atoms. The molecule has 0 fully saturated rings. The molecule has 0 aliphatic heterocycles. The highest BCUT2D eigenvalue weighted by Crippen LogP contribution is 2.27. The number of amides is 1. The maximum absolute atomic E-state index is 12.0. The number of aryl methyl sites for hydroxylation is 1. The quantitative estimate of drug-likeness (QED) is 0.501. The molecule has 0 atom stereocenters. The average molecular weight is 387 g/mol. The van der Waals surface area contributed by atoms with Gasteiger partial charge in [0.05, 0.1) is 12.9 Å². The number of H-pyrrole nitrogens is 1. The Morgan fingerprint density at radius 2 is 2.19 bits per heavy atom. The van der Waals surface area contributed by atoms with Crippen molar-refractivity contribution in [3.8, 4) is 5.75 Å². The smallest absolute Gasteiger partial charge is 0.236 e. The first kappa shape index (κ1) is 16.7. The topological polar surface area (TPSA) is 119 Å². The van der Waals surface area contributed by atoms with Gasteiger partial charge in [0.2, 0.25) is 16.2 Å². The molecule has 2 N–H and O–H groups in total. The normalized spacial score (nSPS) is 11.2. The summed E-state index contributed by atoms with van der Waals surface area (Å²) in [5.41, 5.74) is 2.18. The Bertz CT molecular complexity index is 1110. The minimum absolute atomic E-state index is 0.153. The Morgan fingerprint density at radius 1 is 1.31 bits per heavy atom. The Morgan fingerprint density at radius 3 is 2.96 bits per heavy atom. The summed E-state index contributed by atoms with van der Waals surface area (Å²) in [6, 6.07) is 5.65. The first-order chi connectivity index (χ1) is 12.6. The van der Waals surface area contributed by atoms with Crippen LogP contribution in [0.2, 0.25) is 0 Å². The molecule has 0 unspecified atom stereocenters. The fourth-order valence-electron chi connectivity index (χ4n) is 2.36. The van der Waals surface area contributed by atoms with E-state index in [0.29, 0.717) is 21.5 Å². The van der Waals surface area contributed by atoms with E-state index in [4.69, 9.17) is 4.74 Å². The van der Waals surface area contributed by atoms with Crippen molar-refractivity contribution in [2.75, 3.05) is 18.2 Å². The number of thioether (sulfide) groups is 1. The number of rotatable bonds is 5. The second-order valence-corrected chi connectivity index (χ2v) is 7.42. The van der Waals surface area contributed by atoms with Crippen molar-refractivity contribution in [2.45, 2.75) is 12.1 Å². The first-order valence-corrected chi connectivity index (χ1v) is 9.35. The number of ether oxygens (including phenoxy) is 1. The molecule has 0 saturated carbocycles. The van der Waals surface area contributed by atoms with Crippen molar-refractivity contribution in [2.24, 2.45) is 0 Å². The summed E-state index contributed by atoms with van der Waals surface area (Å²) >= 11 is 2.52. The minimum Gasteiger partial charge on any atom is -0.497 e. The van der Waals surface area contributed by atoms with Crippen LogP contribution in [0.5, 0.6) is 5.75 Å². The molecule has 1 aromatic carbocycles. The van der Waals surface area contributed by atoms with Crippen LogP contribution in [0.25, 0.3) is 22.1 Å². The summed E-state index contributed by atoms with van der Waals surface area (Å²) in [5, 5.41) is 21.3. The van der Waals surface area contributed by atoms with Gasteiger partial charge in [-0.05, 0) is 25.1 Å². The predicted molar refractivity (Wildman–Crippen MR) is 99.7 cm³/mol. The Hall–Kier alpha value is -2.79. The third-order valence-electron chi connectivity index (χ3n) is 3.51. The van der Waals surface area contributed by atoms with Gasteiger partial charge in [-0.3, -0.25) is 10.1 Å². The van der Waals surface area contributed by atoms with E-state index in [0.717, 1.165) is 21.7 Å². The third kappa shape index (κ3) is 3.30. The van der Waals surface area contributed by atoms with Crippen LogP contribution in [-0.2, 0) is 4.79 Å². The lowest BCUT2D eigenvalue weighted by atomic mass is 10.2. The van der Waals surface area contributed by atoms with Crippen molar-refractivity contribution in [1.82, 2.24) is 30.4 Å². The van der Waals surface area contributed by atoms with E-state index in [9.17, 15) is 4.79 Å². The molecular formula is C15H13N7O2S2. The molecule has 0 aliphatic carbocycles. The fourth-order valence-corrected chi connectivity index (χ4v) is 3.55. The summed E-state index contributed by atoms with van der Waals surface area (Å²) in [7, 11) is 1.61. The number of benzene rings is 1. The number of hydrogen-bond donors (Lipinski definition) is 2. The van der Waals surface area contributed by atoms with Crippen LogP contribution in [0.3, 0.4) is 0 Å². The molecule has 1 amide bonds. The molecule has 0 saturated heterocycles. The number of methoxy groups -OCH3 is 1. The predicted octanol–water partition coefficient (Wildman–Crippen LogP) is 2.41. The number of nitrogens with one attached hydrogen (secondary N) is 2. The molecule has 4 rings (SSSR count). The second kappa shape index (κ2) is 6.84. The molecule has 0 aliphatic rings. The number of carbonyl (C=O) groups is 1. The van der Waals surface area contributed by atoms with Gasteiger partial charge in [-0.2, -0.15) is 0 Å². The lowest BCUT2D eigenvalue weighted by Gasteiger charge is -2.00. The Kier molecular flexibility index (Phi) is 4.39. The van der Waals surface area contributed by atoms with Gasteiger partial charge < -0.3 is 9.72 Å². The molecule has 3 aromatic heterocycles. The molecule has 11 heteroatoms. The van der Waals surface area contributed by atoms with Crippen molar-refractivity contribution < 1.29 is 9.53 Å². The van der Waals surface area contributed by atoms with Crippen LogP contribution in [0.4, 0.5) is 5.13 Å². The van der Waals surface area contributed by atoms with Crippen molar-refractivity contribution in [1.29, 1.82) is 0 Å². The van der Waals surface area contributed by atoms with Crippen molar-refractivity contribution in [3.63, 3.8) is 0 Å². The zero-order valence-electron chi connectivity index (χ0n) is 13.8. The number of hydrogen-bond acceptors (Lipinski definition) is 9. The summed E-state index contributed by atoms with van der Waals surface area (Å²) in [6.45, 7) is 1.83. The van der Waals surface area contributed by atoms with Crippen molar-refractivity contribution >= 4 is 56.2 Å². The largest absolute Gasteiger partial charge is 0.497 e. The molecule has 3 heterocycles. The zero-order valence-corrected chi connectivity index (χ0v) is 15.4. The summed E-state index contributed by atoms with van der Waals surface area (Å²) in [5.74, 6) is 0.693. The average Bonchev–Trinajstić information content (AvgIpc) is 3.21. The monoisotopic (exact) mass is 387 g/mol. The molecule has 4 aromatic rings. The van der Waals surface area contributed by atoms with Crippen LogP contribution in [-0.4, -0.2) is 49.1 Å². The molecule has 9 nitrogen and oxygen atoms in total. The van der Waals surface area contributed by atoms with Gasteiger partial charge in [0.25, 0.3) is 0 Å². The number of fused-ring (bicyclic) bond motifs is 3. The standard InChI is InChI=1S/C15H13N7O2S2/c1-7-19-22-15(26-7)17-11(23)6-25-14-18-13-12(20-21-14)9-5-8(24-2)3-4-10(9)16-13/h3-5H,6H2,1-2H3,(H,16,18,21)(H,17,22,23). The number of aromatic amines is 1. The van der Waals surface area contributed by atoms with E-state index in [2.05, 4.69) is 35.7 Å². The van der Waals surface area contributed by atoms with Gasteiger partial charge in [0.1, 0.15) is 16.3 Å². The van der Waals surface area contributed by atoms with Crippen molar-refractivity contribution in [3.05, 3.63) is 23.2 Å². The maximum Gasteiger partial charge on any atom is 0.236 e. The summed E-state index contributed by atoms with van der Waals surface area (Å²) < 4.78 is 5.24. The number of aromatic nitrogens is 6. The second-order valence-electron chi connectivity index (χ2n) is 5.29. The Labute approximate surface area is 155 Å². The van der Waals surface area contributed by atoms with Crippen LogP contribution in [0, 0.1) is 6.92 Å². The third-order valence-corrected chi connectivity index (χ3v) is 5.10. The lowest BCUT2D eigenvalue weighted by Crippen LogP contribution is -2.14. The van der Waals surface area contributed by atoms with E-state index >= 15 is 0 Å². The maximum atomic E-state index is 12.0. The summed E-state index contributed by atoms with van der Waals surface area (Å²) in [4.78, 5) is 19.6. The van der Waals surface area contributed by atoms with Gasteiger partial charge in [0.15, 0.2) is 5.65 Å². The highest BCUT2D eigenvalue weighted by molar-refractivity contribution is 7.99. The zero-order chi connectivity index (χ0) is 18.1. The molecule has 0 radical (unpaired) electrons. The number of carbonyl (C=O) groups excluding carboxylic acids is 1. The van der Waals surface area contributed by atoms with Crippen LogP contribution in [0.1, 0.15) is 5.01 Å². The highest BCUT2D eigenvalue weighted by atomic mass is 32.2. The van der Waals surface area contributed by atoms with E-state index in [1.807, 2.05) is 25.1 Å². The van der Waals surface area contributed by atoms with Crippen LogP contribution in [0.15, 0.2) is 23.4 Å². The Balaban J connectivity index is 1.50. The van der Waals surface area contributed by atoms with E-state index in [-0.39, 0.29) is 11.7 Å². The van der Waals surface area contributed by atoms with Gasteiger partial charge >= 0.3 is 0 Å². The van der Waals surface area contributed by atoms with Gasteiger partial charge in [-0.1, -0.05) is 23.1 Å². The minimum atomic E-state index is -0.198. The lowest BCUT2D eigenvalue weighted by molar-refractivity contribution is -0.113. The first-order valence-electron chi connectivity index (χ1n) is 7.55. The van der Waals surface area contributed by atoms with Crippen LogP contribution < -0.4 is 10.1 Å². The van der Waals surface area contributed by atoms with Gasteiger partial charge in [-0.25, -0.2) is 4.98 Å². The van der Waals surface area contributed by atoms with E-state index < -0.39 is 0 Å². The van der Waals surface area contributed by atoms with Crippen LogP contribution >= 0.6 is 23.1 Å². The summed E-state index contributed by atoms with van der Waals surface area (Å²) in [6.07, 6.45) is 0. The number of anilines is 1. The van der Waals surface area contributed by atoms with E-state index in [1.54, 1.807) is 7.11 Å². The SMILES string of the molecule is COc1ccc2[nH]c3nc(SCC(=O)Nc4nnc(C)s4)nnc3c2c1. The van der Waals surface area contributed by atoms with Gasteiger partial charge in [-0.15, -0.1) is 20.4 Å². The fraction of sp³-hybridized carbons (Fsp3) is 0.200. The highest BCUT2D eigenvalue weighted by Gasteiger charge is 2.12. The molecular weight excluding hydrogens is 374 g/mol. The number of nitrogens with zero attached hydrogens (tertiary/aromatic N) is 5. The molecule has 0 bridgehead atoms. The molecule has 132 valence electrons. The molecule has 26 heavy (non-hydrogen) atoms. The van der Waals surface area contributed by atoms with Gasteiger partial charge in [0, 0.05) is 10.9 Å². The van der Waals surface area contributed by atoms with E-state index in [1.165, 1.54) is 23.1 Å².